The molecule has 5 heavy (non-hydrogen) atoms. The molecule has 0 aliphatic carbocycles. The summed E-state index contributed by atoms with van der Waals surface area (Å²) in [7, 11) is 0. The van der Waals surface area contributed by atoms with Crippen molar-refractivity contribution >= 4 is 6.16 Å². The molecule has 0 saturated heterocycles. The van der Waals surface area contributed by atoms with Crippen molar-refractivity contribution in [1.29, 1.82) is 0 Å². The molecule has 0 heterocycles. The summed E-state index contributed by atoms with van der Waals surface area (Å²) in [6, 6.07) is 0. The molecular weight excluding hydrogens is 76.0 g/mol. The Morgan fingerprint density at radius 1 is 1.60 bits per heavy atom. The first-order chi connectivity index (χ1) is 2.27. The highest BCUT2D eigenvalue weighted by molar-refractivity contribution is 5.55. The fourth-order valence-corrected chi connectivity index (χ4v) is 0. The van der Waals surface area contributed by atoms with Gasteiger partial charge in [0.25, 0.3) is 0 Å². The number of hydrogen-bond donors (Lipinski definition) is 0. The van der Waals surface area contributed by atoms with Crippen molar-refractivity contribution in [3.8, 4) is 0 Å². The highest BCUT2D eigenvalue weighted by Crippen LogP contribution is 1.63. The molecule has 0 unspecified atom stereocenters. The molecule has 0 rings (SSSR count). The normalized spacial score (nSPS) is 6.60. The Bertz CT molecular complexity index is 38.9. The minimum atomic E-state index is -2.05. The minimum absolute atomic E-state index is 2.05. The molecule has 2 radical (unpaired) electrons. The fourth-order valence-electron chi connectivity index (χ4n) is 0. The summed E-state index contributed by atoms with van der Waals surface area (Å²) in [6.07, 6.45) is -2.05. The van der Waals surface area contributed by atoms with E-state index in [0.717, 1.165) is 0 Å². The largest absolute Gasteiger partial charge is 0.584 e. The van der Waals surface area contributed by atoms with E-state index in [1.54, 1.807) is 0 Å². The molecule has 0 bridgehead atoms. The van der Waals surface area contributed by atoms with Gasteiger partial charge in [-0.1, -0.05) is 0 Å². The molecule has 0 aromatic rings. The molecule has 0 aliphatic rings. The zero-order valence-corrected chi connectivity index (χ0v) is 2.13. The van der Waals surface area contributed by atoms with Crippen LogP contribution in [0.5, 0.6) is 0 Å². The van der Waals surface area contributed by atoms with Gasteiger partial charge < -0.3 is 0 Å². The van der Waals surface area contributed by atoms with Gasteiger partial charge in [-0.25, -0.2) is 4.89 Å². The van der Waals surface area contributed by atoms with Crippen molar-refractivity contribution in [2.45, 2.75) is 0 Å². The minimum Gasteiger partial charge on any atom is -0.223 e. The van der Waals surface area contributed by atoms with Gasteiger partial charge in [0.1, 0.15) is 0 Å². The lowest BCUT2D eigenvalue weighted by Gasteiger charge is -1.65. The van der Waals surface area contributed by atoms with Crippen molar-refractivity contribution in [2.24, 2.45) is 0 Å². The quantitative estimate of drug-likeness (QED) is 0.298. The number of rotatable bonds is 0. The van der Waals surface area contributed by atoms with Crippen LogP contribution in [-0.2, 0) is 15.3 Å². The molecule has 28 valence electrons. The average molecular weight is 76.0 g/mol. The molecule has 0 aromatic heterocycles. The second-order valence-electron chi connectivity index (χ2n) is 0.333. The number of carbonyl (C=O) groups is 1. The predicted molar refractivity (Wildman–Crippen MR) is 7.85 cm³/mol. The van der Waals surface area contributed by atoms with Gasteiger partial charge in [0.05, 0.1) is 0 Å². The fraction of sp³-hybridized carbons (Fsp3) is 0. The Kier molecular flexibility index (Phi) is 1.30. The van der Waals surface area contributed by atoms with Gasteiger partial charge in [0, 0.05) is 5.26 Å². The summed E-state index contributed by atoms with van der Waals surface area (Å²) in [6.45, 7) is 0. The van der Waals surface area contributed by atoms with Gasteiger partial charge in [0.2, 0.25) is 0 Å². The summed E-state index contributed by atoms with van der Waals surface area (Å²) in [4.78, 5) is 11.0. The van der Waals surface area contributed by atoms with Gasteiger partial charge in [-0.15, -0.1) is 0 Å². The topological polar surface area (TPSA) is 66.1 Å². The highest BCUT2D eigenvalue weighted by Gasteiger charge is 1.92. The first-order valence-corrected chi connectivity index (χ1v) is 0.779. The first-order valence-electron chi connectivity index (χ1n) is 0.779. The molecular formula is CO4. The van der Waals surface area contributed by atoms with Crippen molar-refractivity contribution in [2.75, 3.05) is 0 Å². The molecule has 0 amide bonds. The second-order valence-corrected chi connectivity index (χ2v) is 0.333. The van der Waals surface area contributed by atoms with E-state index in [2.05, 4.69) is 4.89 Å². The molecule has 0 aliphatic heterocycles. The highest BCUT2D eigenvalue weighted by atomic mass is 17.1. The predicted octanol–water partition coefficient (Wildman–Crippen LogP) is -0.101. The summed E-state index contributed by atoms with van der Waals surface area (Å²) >= 11 is 0. The van der Waals surface area contributed by atoms with Gasteiger partial charge in [-0.3, -0.25) is 0 Å². The van der Waals surface area contributed by atoms with Gasteiger partial charge in [-0.2, -0.15) is 9.90 Å². The maximum absolute atomic E-state index is 8.72. The molecule has 0 aromatic carbocycles. The molecule has 0 saturated carbocycles. The first kappa shape index (κ1) is 4.23. The van der Waals surface area contributed by atoms with E-state index < -0.39 is 6.16 Å². The Labute approximate surface area is 27.5 Å². The van der Waals surface area contributed by atoms with E-state index >= 15 is 0 Å². The van der Waals surface area contributed by atoms with Crippen LogP contribution < -0.4 is 0 Å². The monoisotopic (exact) mass is 76.0 g/mol. The third-order valence-electron chi connectivity index (χ3n) is 0.0680. The smallest absolute Gasteiger partial charge is 0.223 e. The van der Waals surface area contributed by atoms with Crippen LogP contribution in [0.25, 0.3) is 0 Å². The van der Waals surface area contributed by atoms with E-state index in [1.807, 2.05) is 0 Å². The standard InChI is InChI=1S/CO4/c2-1(3)5-4. The van der Waals surface area contributed by atoms with Crippen molar-refractivity contribution < 1.29 is 20.0 Å². The van der Waals surface area contributed by atoms with Crippen LogP contribution in [0, 0.1) is 0 Å². The van der Waals surface area contributed by atoms with Gasteiger partial charge >= 0.3 is 6.16 Å². The molecule has 0 atom stereocenters. The lowest BCUT2D eigenvalue weighted by molar-refractivity contribution is -0.261. The maximum atomic E-state index is 8.72. The molecule has 0 spiro atoms. The molecule has 4 nitrogen and oxygen atoms in total. The van der Waals surface area contributed by atoms with E-state index in [0.29, 0.717) is 0 Å². The summed E-state index contributed by atoms with van der Waals surface area (Å²) in [5.74, 6) is 0. The van der Waals surface area contributed by atoms with Crippen LogP contribution in [0.1, 0.15) is 0 Å². The second kappa shape index (κ2) is 1.54. The zero-order chi connectivity index (χ0) is 4.28. The Balaban J connectivity index is 2.85. The Hall–Kier alpha value is -0.770. The summed E-state index contributed by atoms with van der Waals surface area (Å²) in [5.41, 5.74) is 0. The van der Waals surface area contributed by atoms with Crippen LogP contribution in [-0.4, -0.2) is 6.16 Å². The maximum Gasteiger partial charge on any atom is 0.584 e. The van der Waals surface area contributed by atoms with E-state index in [9.17, 15) is 0 Å². The SMILES string of the molecule is [O]OC([O])=O. The van der Waals surface area contributed by atoms with Crippen molar-refractivity contribution in [1.82, 2.24) is 0 Å². The lowest BCUT2D eigenvalue weighted by atomic mass is 11.5. The van der Waals surface area contributed by atoms with E-state index in [4.69, 9.17) is 15.2 Å². The van der Waals surface area contributed by atoms with Crippen molar-refractivity contribution in [3.05, 3.63) is 0 Å². The molecule has 0 fully saturated rings. The number of carbonyl (C=O) groups excluding carboxylic acids is 1. The van der Waals surface area contributed by atoms with Crippen molar-refractivity contribution in [3.63, 3.8) is 0 Å². The van der Waals surface area contributed by atoms with Gasteiger partial charge in [0.15, 0.2) is 0 Å². The third-order valence-corrected chi connectivity index (χ3v) is 0.0680. The third kappa shape index (κ3) is 3.23. The molecule has 4 heteroatoms. The summed E-state index contributed by atoms with van der Waals surface area (Å²) < 4.78 is 0. The van der Waals surface area contributed by atoms with Crippen LogP contribution in [0.3, 0.4) is 0 Å². The van der Waals surface area contributed by atoms with E-state index in [1.165, 1.54) is 0 Å². The van der Waals surface area contributed by atoms with E-state index in [-0.39, 0.29) is 0 Å². The van der Waals surface area contributed by atoms with Crippen LogP contribution in [0.2, 0.25) is 0 Å². The summed E-state index contributed by atoms with van der Waals surface area (Å²) in [5, 5.41) is 17.2. The zero-order valence-electron chi connectivity index (χ0n) is 2.13. The van der Waals surface area contributed by atoms with Crippen LogP contribution in [0.4, 0.5) is 4.79 Å². The van der Waals surface area contributed by atoms with Gasteiger partial charge in [-0.05, 0) is 0 Å². The van der Waals surface area contributed by atoms with Crippen LogP contribution >= 0.6 is 0 Å². The number of hydrogen-bond acceptors (Lipinski definition) is 2. The van der Waals surface area contributed by atoms with Crippen LogP contribution in [0.15, 0.2) is 0 Å². The Morgan fingerprint density at radius 3 is 1.80 bits per heavy atom. The lowest BCUT2D eigenvalue weighted by Crippen LogP contribution is -1.87. The Morgan fingerprint density at radius 2 is 1.80 bits per heavy atom. The average Bonchev–Trinajstić information content (AvgIpc) is 1.38. The molecule has 0 N–H and O–H groups in total.